The number of aromatic nitrogens is 2. The molecular formula is C22H19ClN4O5S2. The van der Waals surface area contributed by atoms with E-state index in [0.717, 1.165) is 17.4 Å². The van der Waals surface area contributed by atoms with E-state index in [9.17, 15) is 18.5 Å². The molecule has 0 aliphatic heterocycles. The molecule has 1 heterocycles. The van der Waals surface area contributed by atoms with E-state index in [4.69, 9.17) is 21.1 Å². The quantitative estimate of drug-likeness (QED) is 0.268. The topological polar surface area (TPSA) is 131 Å². The van der Waals surface area contributed by atoms with Crippen LogP contribution in [0.4, 0.5) is 5.13 Å². The standard InChI is InChI=1S/C22H19ClN4O5S2/c1-13-5-4-6-14(7-13)12-32-19-17(23)9-15(10-18(19)31-2)8-16(11-24)20(28)25-21-26-27-22(33-21)34(3,29)30/h4-10H,12H2,1-3H3,(H,25,26,28). The molecule has 0 fully saturated rings. The van der Waals surface area contributed by atoms with Crippen LogP contribution >= 0.6 is 22.9 Å². The maximum absolute atomic E-state index is 12.5. The molecule has 0 spiro atoms. The summed E-state index contributed by atoms with van der Waals surface area (Å²) in [7, 11) is -2.11. The van der Waals surface area contributed by atoms with Crippen LogP contribution in [0, 0.1) is 18.3 Å². The van der Waals surface area contributed by atoms with Crippen LogP contribution in [-0.2, 0) is 21.2 Å². The number of anilines is 1. The van der Waals surface area contributed by atoms with Crippen LogP contribution in [0.2, 0.25) is 5.02 Å². The second-order valence-electron chi connectivity index (χ2n) is 7.08. The average Bonchev–Trinajstić information content (AvgIpc) is 3.25. The number of nitrogens with one attached hydrogen (secondary N) is 1. The molecule has 0 atom stereocenters. The molecule has 0 saturated heterocycles. The number of nitriles is 1. The summed E-state index contributed by atoms with van der Waals surface area (Å²) < 4.78 is 34.0. The van der Waals surface area contributed by atoms with Gasteiger partial charge in [-0.15, -0.1) is 10.2 Å². The number of nitrogens with zero attached hydrogens (tertiary/aromatic N) is 3. The molecule has 1 amide bonds. The van der Waals surface area contributed by atoms with E-state index in [1.165, 1.54) is 19.3 Å². The van der Waals surface area contributed by atoms with Gasteiger partial charge in [-0.2, -0.15) is 5.26 Å². The third-order valence-corrected chi connectivity index (χ3v) is 7.13. The van der Waals surface area contributed by atoms with Crippen LogP contribution in [0.1, 0.15) is 16.7 Å². The first-order chi connectivity index (χ1) is 16.1. The van der Waals surface area contributed by atoms with E-state index in [1.54, 1.807) is 12.1 Å². The maximum Gasteiger partial charge on any atom is 0.268 e. The molecule has 3 aromatic rings. The number of carbonyl (C=O) groups is 1. The number of hydrogen-bond acceptors (Lipinski definition) is 9. The smallest absolute Gasteiger partial charge is 0.268 e. The molecule has 12 heteroatoms. The number of hydrogen-bond donors (Lipinski definition) is 1. The molecular weight excluding hydrogens is 500 g/mol. The minimum Gasteiger partial charge on any atom is -0.493 e. The number of amides is 1. The van der Waals surface area contributed by atoms with E-state index in [0.29, 0.717) is 28.4 Å². The molecule has 0 aliphatic carbocycles. The predicted octanol–water partition coefficient (Wildman–Crippen LogP) is 4.04. The van der Waals surface area contributed by atoms with Crippen LogP contribution in [0.3, 0.4) is 0 Å². The van der Waals surface area contributed by atoms with Gasteiger partial charge >= 0.3 is 0 Å². The average molecular weight is 519 g/mol. The Morgan fingerprint density at radius 1 is 1.29 bits per heavy atom. The first-order valence-corrected chi connectivity index (χ1v) is 12.7. The van der Waals surface area contributed by atoms with Crippen molar-refractivity contribution in [1.82, 2.24) is 10.2 Å². The lowest BCUT2D eigenvalue weighted by molar-refractivity contribution is -0.112. The van der Waals surface area contributed by atoms with E-state index >= 15 is 0 Å². The summed E-state index contributed by atoms with van der Waals surface area (Å²) in [6.45, 7) is 2.26. The summed E-state index contributed by atoms with van der Waals surface area (Å²) in [5, 5.41) is 19.1. The van der Waals surface area contributed by atoms with Crippen molar-refractivity contribution in [2.75, 3.05) is 18.7 Å². The Morgan fingerprint density at radius 3 is 2.68 bits per heavy atom. The molecule has 34 heavy (non-hydrogen) atoms. The zero-order chi connectivity index (χ0) is 24.9. The first-order valence-electron chi connectivity index (χ1n) is 9.63. The molecule has 0 bridgehead atoms. The van der Waals surface area contributed by atoms with Crippen LogP contribution in [0.5, 0.6) is 11.5 Å². The summed E-state index contributed by atoms with van der Waals surface area (Å²) in [5.74, 6) is -0.132. The molecule has 0 saturated carbocycles. The van der Waals surface area contributed by atoms with Crippen molar-refractivity contribution in [3.8, 4) is 17.6 Å². The molecule has 0 radical (unpaired) electrons. The molecule has 3 rings (SSSR count). The van der Waals surface area contributed by atoms with E-state index in [-0.39, 0.29) is 26.7 Å². The van der Waals surface area contributed by atoms with Gasteiger partial charge in [0.25, 0.3) is 5.91 Å². The lowest BCUT2D eigenvalue weighted by Crippen LogP contribution is -2.13. The highest BCUT2D eigenvalue weighted by Crippen LogP contribution is 2.37. The van der Waals surface area contributed by atoms with Gasteiger partial charge in [-0.25, -0.2) is 8.42 Å². The fourth-order valence-electron chi connectivity index (χ4n) is 2.81. The van der Waals surface area contributed by atoms with Gasteiger partial charge in [0.1, 0.15) is 18.2 Å². The summed E-state index contributed by atoms with van der Waals surface area (Å²) in [4.78, 5) is 12.5. The highest BCUT2D eigenvalue weighted by molar-refractivity contribution is 7.92. The van der Waals surface area contributed by atoms with Crippen LogP contribution in [0.15, 0.2) is 46.3 Å². The van der Waals surface area contributed by atoms with Crippen molar-refractivity contribution in [1.29, 1.82) is 5.26 Å². The van der Waals surface area contributed by atoms with Gasteiger partial charge in [0.05, 0.1) is 12.1 Å². The Balaban J connectivity index is 1.81. The second-order valence-corrected chi connectivity index (χ2v) is 10.7. The van der Waals surface area contributed by atoms with Crippen LogP contribution in [-0.4, -0.2) is 37.9 Å². The largest absolute Gasteiger partial charge is 0.493 e. The van der Waals surface area contributed by atoms with Crippen molar-refractivity contribution >= 4 is 49.9 Å². The fourth-order valence-corrected chi connectivity index (χ4v) is 4.59. The van der Waals surface area contributed by atoms with Crippen molar-refractivity contribution in [3.05, 3.63) is 63.7 Å². The number of rotatable bonds is 8. The lowest BCUT2D eigenvalue weighted by atomic mass is 10.1. The minimum atomic E-state index is -3.56. The van der Waals surface area contributed by atoms with Crippen molar-refractivity contribution in [2.24, 2.45) is 0 Å². The van der Waals surface area contributed by atoms with E-state index in [2.05, 4.69) is 15.5 Å². The highest BCUT2D eigenvalue weighted by Gasteiger charge is 2.18. The number of methoxy groups -OCH3 is 1. The molecule has 9 nitrogen and oxygen atoms in total. The first kappa shape index (κ1) is 25.2. The third-order valence-electron chi connectivity index (χ3n) is 4.34. The SMILES string of the molecule is COc1cc(C=C(C#N)C(=O)Nc2nnc(S(C)(=O)=O)s2)cc(Cl)c1OCc1cccc(C)c1. The summed E-state index contributed by atoms with van der Waals surface area (Å²) in [5.41, 5.74) is 2.22. The Morgan fingerprint density at radius 2 is 2.06 bits per heavy atom. The van der Waals surface area contributed by atoms with Crippen molar-refractivity contribution in [3.63, 3.8) is 0 Å². The Kier molecular flexibility index (Phi) is 7.88. The van der Waals surface area contributed by atoms with E-state index < -0.39 is 15.7 Å². The molecule has 176 valence electrons. The number of sulfone groups is 1. The van der Waals surface area contributed by atoms with E-state index in [1.807, 2.05) is 31.2 Å². The Labute approximate surface area is 205 Å². The van der Waals surface area contributed by atoms with Gasteiger partial charge in [0.15, 0.2) is 11.5 Å². The zero-order valence-electron chi connectivity index (χ0n) is 18.3. The minimum absolute atomic E-state index is 0.0536. The summed E-state index contributed by atoms with van der Waals surface area (Å²) in [6.07, 6.45) is 2.29. The number of halogens is 1. The maximum atomic E-state index is 12.5. The number of aryl methyl sites for hydroxylation is 1. The van der Waals surface area contributed by atoms with Crippen LogP contribution < -0.4 is 14.8 Å². The second kappa shape index (κ2) is 10.6. The van der Waals surface area contributed by atoms with Gasteiger partial charge in [0.2, 0.25) is 19.3 Å². The van der Waals surface area contributed by atoms with Gasteiger partial charge in [-0.3, -0.25) is 10.1 Å². The predicted molar refractivity (Wildman–Crippen MR) is 129 cm³/mol. The number of carbonyl (C=O) groups excluding carboxylic acids is 1. The number of ether oxygens (including phenoxy) is 2. The molecule has 1 N–H and O–H groups in total. The number of benzene rings is 2. The zero-order valence-corrected chi connectivity index (χ0v) is 20.7. The normalized spacial score (nSPS) is 11.6. The van der Waals surface area contributed by atoms with Crippen molar-refractivity contribution < 1.29 is 22.7 Å². The van der Waals surface area contributed by atoms with Gasteiger partial charge in [0, 0.05) is 6.26 Å². The fraction of sp³-hybridized carbons (Fsp3) is 0.182. The molecule has 2 aromatic carbocycles. The highest BCUT2D eigenvalue weighted by atomic mass is 35.5. The van der Waals surface area contributed by atoms with Gasteiger partial charge < -0.3 is 9.47 Å². The van der Waals surface area contributed by atoms with Gasteiger partial charge in [-0.1, -0.05) is 52.8 Å². The van der Waals surface area contributed by atoms with Gasteiger partial charge in [-0.05, 0) is 36.3 Å². The molecule has 0 aliphatic rings. The Hall–Kier alpha value is -3.46. The van der Waals surface area contributed by atoms with Crippen LogP contribution in [0.25, 0.3) is 6.08 Å². The third kappa shape index (κ3) is 6.32. The lowest BCUT2D eigenvalue weighted by Gasteiger charge is -2.14. The summed E-state index contributed by atoms with van der Waals surface area (Å²) >= 11 is 7.08. The molecule has 1 aromatic heterocycles. The summed E-state index contributed by atoms with van der Waals surface area (Å²) in [6, 6.07) is 12.8. The molecule has 0 unspecified atom stereocenters. The monoisotopic (exact) mass is 518 g/mol. The Bertz CT molecular complexity index is 1410. The van der Waals surface area contributed by atoms with Crippen molar-refractivity contribution in [2.45, 2.75) is 17.9 Å².